The van der Waals surface area contributed by atoms with E-state index in [1.165, 1.54) is 44.5 Å². The maximum atomic E-state index is 5.57. The summed E-state index contributed by atoms with van der Waals surface area (Å²) in [6.45, 7) is 0. The summed E-state index contributed by atoms with van der Waals surface area (Å²) < 4.78 is 0. The molecule has 8 bridgehead atoms. The molecular weight excluding hydrogens is 777 g/mol. The van der Waals surface area contributed by atoms with Gasteiger partial charge in [0.15, 0.2) is 0 Å². The first kappa shape index (κ1) is 36.1. The summed E-state index contributed by atoms with van der Waals surface area (Å²) in [4.78, 5) is 19.0. The van der Waals surface area contributed by atoms with Crippen molar-refractivity contribution in [3.05, 3.63) is 217 Å². The van der Waals surface area contributed by atoms with Crippen molar-refractivity contribution in [3.63, 3.8) is 0 Å². The first-order chi connectivity index (χ1) is 31.7. The van der Waals surface area contributed by atoms with Crippen molar-refractivity contribution in [2.75, 3.05) is 0 Å². The summed E-state index contributed by atoms with van der Waals surface area (Å²) in [6, 6.07) is 70.0. The quantitative estimate of drug-likeness (QED) is 0.186. The van der Waals surface area contributed by atoms with Crippen molar-refractivity contribution in [3.8, 4) is 89.0 Å². The van der Waals surface area contributed by atoms with Crippen LogP contribution in [0.2, 0.25) is 0 Å². The maximum absolute atomic E-state index is 5.57. The van der Waals surface area contributed by atoms with Crippen molar-refractivity contribution in [2.24, 2.45) is 0 Å². The summed E-state index contributed by atoms with van der Waals surface area (Å²) in [5.74, 6) is 0. The van der Waals surface area contributed by atoms with Gasteiger partial charge in [-0.2, -0.15) is 0 Å². The first-order valence-electron chi connectivity index (χ1n) is 21.8. The topological polar surface area (TPSA) is 57.4 Å². The molecule has 64 heavy (non-hydrogen) atoms. The number of rotatable bonds is 4. The van der Waals surface area contributed by atoms with Gasteiger partial charge in [0, 0.05) is 44.3 Å². The highest BCUT2D eigenvalue weighted by Crippen LogP contribution is 2.40. The second-order valence-corrected chi connectivity index (χ2v) is 16.7. The molecule has 3 aromatic heterocycles. The van der Waals surface area contributed by atoms with Gasteiger partial charge in [0.1, 0.15) is 0 Å². The Hall–Kier alpha value is -8.60. The number of fused-ring (bicyclic) bond motifs is 12. The minimum atomic E-state index is 0.882. The van der Waals surface area contributed by atoms with Crippen LogP contribution in [0.15, 0.2) is 194 Å². The Kier molecular flexibility index (Phi) is 8.18. The zero-order valence-electron chi connectivity index (χ0n) is 34.7. The van der Waals surface area contributed by atoms with Gasteiger partial charge in [-0.3, -0.25) is 0 Å². The number of nitrogens with zero attached hydrogens (tertiary/aromatic N) is 2. The average molecular weight is 815 g/mol. The third-order valence-electron chi connectivity index (χ3n) is 13.0. The molecule has 3 aromatic rings. The van der Waals surface area contributed by atoms with Crippen molar-refractivity contribution in [2.45, 2.75) is 0 Å². The van der Waals surface area contributed by atoms with Gasteiger partial charge in [-0.25, -0.2) is 9.97 Å². The molecule has 4 nitrogen and oxygen atoms in total. The Bertz CT molecular complexity index is 3140. The molecule has 13 rings (SSSR count). The Morgan fingerprint density at radius 3 is 0.594 bits per heavy atom. The summed E-state index contributed by atoms with van der Waals surface area (Å²) in [5, 5.41) is 0. The average Bonchev–Trinajstić information content (AvgIpc) is 4.17. The Balaban J connectivity index is 1.18. The van der Waals surface area contributed by atoms with E-state index < -0.39 is 0 Å². The molecule has 2 N–H and O–H groups in total. The van der Waals surface area contributed by atoms with Crippen LogP contribution in [-0.2, 0) is 0 Å². The van der Waals surface area contributed by atoms with Gasteiger partial charge < -0.3 is 9.97 Å². The van der Waals surface area contributed by atoms with Gasteiger partial charge in [-0.05, 0) is 115 Å². The Morgan fingerprint density at radius 1 is 0.203 bits per heavy atom. The fourth-order valence-corrected chi connectivity index (χ4v) is 9.75. The third kappa shape index (κ3) is 6.07. The Morgan fingerprint density at radius 2 is 0.391 bits per heavy atom. The summed E-state index contributed by atoms with van der Waals surface area (Å²) >= 11 is 0. The summed E-state index contributed by atoms with van der Waals surface area (Å²) in [6.07, 6.45) is 8.68. The van der Waals surface area contributed by atoms with E-state index in [1.54, 1.807) is 0 Å². The van der Waals surface area contributed by atoms with E-state index in [0.29, 0.717) is 0 Å². The van der Waals surface area contributed by atoms with E-state index in [-0.39, 0.29) is 0 Å². The smallest absolute Gasteiger partial charge is 0.0737 e. The molecule has 0 saturated carbocycles. The molecule has 0 saturated heterocycles. The molecule has 4 heteroatoms. The van der Waals surface area contributed by atoms with Gasteiger partial charge in [0.2, 0.25) is 0 Å². The predicted molar refractivity (Wildman–Crippen MR) is 267 cm³/mol. The van der Waals surface area contributed by atoms with Gasteiger partial charge in [-0.15, -0.1) is 0 Å². The van der Waals surface area contributed by atoms with Gasteiger partial charge in [0.05, 0.1) is 22.8 Å². The molecular formula is C60H38N4. The third-order valence-corrected chi connectivity index (χ3v) is 13.0. The lowest BCUT2D eigenvalue weighted by molar-refractivity contribution is 1.31. The highest BCUT2D eigenvalue weighted by Gasteiger charge is 2.20. The number of aromatic nitrogens is 4. The van der Waals surface area contributed by atoms with Crippen LogP contribution in [0.5, 0.6) is 0 Å². The van der Waals surface area contributed by atoms with Crippen LogP contribution >= 0.6 is 0 Å². The molecule has 8 aliphatic carbocycles. The van der Waals surface area contributed by atoms with Crippen LogP contribution in [-0.4, -0.2) is 19.9 Å². The zero-order chi connectivity index (χ0) is 42.1. The molecule has 2 aliphatic heterocycles. The molecule has 0 unspecified atom stereocenters. The fourth-order valence-electron chi connectivity index (χ4n) is 9.75. The zero-order valence-corrected chi connectivity index (χ0v) is 34.7. The van der Waals surface area contributed by atoms with Crippen LogP contribution in [0.4, 0.5) is 0 Å². The predicted octanol–water partition coefficient (Wildman–Crippen LogP) is 15.7. The van der Waals surface area contributed by atoms with E-state index in [9.17, 15) is 0 Å². The van der Waals surface area contributed by atoms with E-state index >= 15 is 0 Å². The van der Waals surface area contributed by atoms with Gasteiger partial charge in [0.25, 0.3) is 0 Å². The molecule has 0 aromatic carbocycles. The lowest BCUT2D eigenvalue weighted by atomic mass is 10.1. The molecule has 0 spiro atoms. The fraction of sp³-hybridized carbons (Fsp3) is 0. The van der Waals surface area contributed by atoms with Crippen LogP contribution in [0.1, 0.15) is 22.8 Å². The van der Waals surface area contributed by atoms with Crippen molar-refractivity contribution in [1.82, 2.24) is 19.9 Å². The second-order valence-electron chi connectivity index (χ2n) is 16.7. The number of aromatic amines is 2. The number of hydrogen-bond acceptors (Lipinski definition) is 2. The summed E-state index contributed by atoms with van der Waals surface area (Å²) in [7, 11) is 0. The van der Waals surface area contributed by atoms with E-state index in [0.717, 1.165) is 89.4 Å². The number of nitrogens with one attached hydrogen (secondary N) is 2. The monoisotopic (exact) mass is 814 g/mol. The van der Waals surface area contributed by atoms with Crippen LogP contribution in [0.3, 0.4) is 0 Å². The number of H-pyrrole nitrogens is 2. The first-order valence-corrected chi connectivity index (χ1v) is 21.8. The minimum Gasteiger partial charge on any atom is -0.354 e. The van der Waals surface area contributed by atoms with Gasteiger partial charge in [-0.1, -0.05) is 170 Å². The maximum Gasteiger partial charge on any atom is 0.0737 e. The molecule has 0 fully saturated rings. The normalized spacial score (nSPS) is 12.2. The van der Waals surface area contributed by atoms with E-state index in [4.69, 9.17) is 9.97 Å². The highest BCUT2D eigenvalue weighted by molar-refractivity contribution is 6.00. The summed E-state index contributed by atoms with van der Waals surface area (Å²) in [5.41, 5.74) is 25.3. The van der Waals surface area contributed by atoms with Crippen molar-refractivity contribution >= 4 is 46.4 Å². The molecule has 5 heterocycles. The van der Waals surface area contributed by atoms with Crippen LogP contribution in [0, 0.1) is 0 Å². The van der Waals surface area contributed by atoms with Gasteiger partial charge >= 0.3 is 0 Å². The van der Waals surface area contributed by atoms with Crippen molar-refractivity contribution in [1.29, 1.82) is 0 Å². The lowest BCUT2D eigenvalue weighted by Gasteiger charge is -2.05. The second kappa shape index (κ2) is 14.5. The Labute approximate surface area is 370 Å². The standard InChI is InChI=1S/C60H38N4/c1-5-37-13-21-45(22-14-38(37)6-1)57-49-29-31-51(61-49)58(46-23-15-39-7-2-8-40(39)16-24-46)53-33-35-55(63-53)60(48-27-19-43-11-4-12-44(43)20-28-48)56-36-34-54(64-56)59(52-32-30-50(57)62-52)47-25-17-41-9-3-10-42(41)18-26-47/h1-36,61,64H. The lowest BCUT2D eigenvalue weighted by Crippen LogP contribution is -1.88. The molecule has 298 valence electrons. The molecule has 0 radical (unpaired) electrons. The molecule has 0 atom stereocenters. The van der Waals surface area contributed by atoms with Crippen molar-refractivity contribution < 1.29 is 0 Å². The highest BCUT2D eigenvalue weighted by atomic mass is 14.8. The van der Waals surface area contributed by atoms with Crippen LogP contribution < -0.4 is 0 Å². The van der Waals surface area contributed by atoms with Crippen LogP contribution in [0.25, 0.3) is 135 Å². The van der Waals surface area contributed by atoms with E-state index in [1.807, 2.05) is 0 Å². The number of hydrogen-bond donors (Lipinski definition) is 2. The largest absolute Gasteiger partial charge is 0.354 e. The molecule has 0 amide bonds. The SMILES string of the molecule is C1=Cc2nc1c(-c1ccc3cccc-3cc1)c1ccc([nH]1)c(-c1ccc3cccc-3cc1)c1nc(c(-c3ccc4cccc-4cc3)c3ccc([nH]3)c2-c2ccc3cccc-3cc2)C=C1. The van der Waals surface area contributed by atoms with E-state index in [2.05, 4.69) is 228 Å². The molecule has 10 aliphatic rings. The minimum absolute atomic E-state index is 0.882.